The second-order valence-corrected chi connectivity index (χ2v) is 4.38. The molecule has 1 heterocycles. The smallest absolute Gasteiger partial charge is 0.434 e. The van der Waals surface area contributed by atoms with Gasteiger partial charge in [0.1, 0.15) is 5.75 Å². The molecule has 0 unspecified atom stereocenters. The van der Waals surface area contributed by atoms with Gasteiger partial charge in [0.05, 0.1) is 12.3 Å². The van der Waals surface area contributed by atoms with Crippen LogP contribution in [0.2, 0.25) is 0 Å². The van der Waals surface area contributed by atoms with Crippen molar-refractivity contribution in [2.24, 2.45) is 0 Å². The van der Waals surface area contributed by atoms with Gasteiger partial charge in [0, 0.05) is 4.90 Å². The summed E-state index contributed by atoms with van der Waals surface area (Å²) in [4.78, 5) is 3.53. The van der Waals surface area contributed by atoms with E-state index in [0.29, 0.717) is 5.75 Å². The molecular weight excluding hydrogens is 239 g/mol. The number of ether oxygens (including phenoxy) is 1. The van der Waals surface area contributed by atoms with Crippen LogP contribution >= 0.6 is 11.8 Å². The van der Waals surface area contributed by atoms with Crippen LogP contribution in [-0.4, -0.2) is 17.3 Å². The normalized spacial score (nSPS) is 16.2. The van der Waals surface area contributed by atoms with E-state index in [1.165, 1.54) is 6.07 Å². The van der Waals surface area contributed by atoms with Crippen LogP contribution in [0.25, 0.3) is 0 Å². The number of hydrogen-bond donors (Lipinski definition) is 0. The summed E-state index contributed by atoms with van der Waals surface area (Å²) in [6, 6.07) is 1.40. The molecule has 1 aromatic rings. The van der Waals surface area contributed by atoms with Gasteiger partial charge in [-0.3, -0.25) is 0 Å². The SMILES string of the molecule is CSc1cc(OC2CC2)cnc1C(F)(F)F. The lowest BCUT2D eigenvalue weighted by molar-refractivity contribution is -0.143. The minimum atomic E-state index is -4.41. The molecule has 0 saturated heterocycles. The second kappa shape index (κ2) is 4.16. The van der Waals surface area contributed by atoms with Gasteiger partial charge >= 0.3 is 6.18 Å². The lowest BCUT2D eigenvalue weighted by Crippen LogP contribution is -2.10. The van der Waals surface area contributed by atoms with E-state index in [1.54, 1.807) is 6.26 Å². The summed E-state index contributed by atoms with van der Waals surface area (Å²) in [7, 11) is 0. The third kappa shape index (κ3) is 2.61. The monoisotopic (exact) mass is 249 g/mol. The minimum Gasteiger partial charge on any atom is -0.489 e. The van der Waals surface area contributed by atoms with Gasteiger partial charge in [-0.1, -0.05) is 0 Å². The second-order valence-electron chi connectivity index (χ2n) is 3.54. The van der Waals surface area contributed by atoms with E-state index in [4.69, 9.17) is 4.74 Å². The van der Waals surface area contributed by atoms with Gasteiger partial charge in [-0.2, -0.15) is 13.2 Å². The first-order valence-corrected chi connectivity index (χ1v) is 6.01. The number of halogens is 3. The zero-order chi connectivity index (χ0) is 11.8. The molecule has 0 aliphatic heterocycles. The van der Waals surface area contributed by atoms with Crippen molar-refractivity contribution < 1.29 is 17.9 Å². The van der Waals surface area contributed by atoms with E-state index in [1.807, 2.05) is 0 Å². The highest BCUT2D eigenvalue weighted by Crippen LogP contribution is 2.37. The quantitative estimate of drug-likeness (QED) is 0.767. The van der Waals surface area contributed by atoms with E-state index >= 15 is 0 Å². The molecule has 1 aliphatic rings. The molecule has 2 rings (SSSR count). The Balaban J connectivity index is 2.26. The van der Waals surface area contributed by atoms with Crippen LogP contribution in [-0.2, 0) is 6.18 Å². The first-order chi connectivity index (χ1) is 7.50. The van der Waals surface area contributed by atoms with Gasteiger partial charge in [-0.25, -0.2) is 4.98 Å². The Hall–Kier alpha value is -0.910. The molecule has 1 fully saturated rings. The number of hydrogen-bond acceptors (Lipinski definition) is 3. The molecule has 0 radical (unpaired) electrons. The maximum Gasteiger partial charge on any atom is 0.434 e. The molecule has 0 spiro atoms. The molecule has 1 saturated carbocycles. The number of aromatic nitrogens is 1. The molecule has 1 aliphatic carbocycles. The maximum absolute atomic E-state index is 12.5. The average molecular weight is 249 g/mol. The summed E-state index contributed by atoms with van der Waals surface area (Å²) >= 11 is 1.02. The van der Waals surface area contributed by atoms with Crippen LogP contribution < -0.4 is 4.74 Å². The fourth-order valence-corrected chi connectivity index (χ4v) is 1.83. The lowest BCUT2D eigenvalue weighted by Gasteiger charge is -2.11. The van der Waals surface area contributed by atoms with E-state index in [0.717, 1.165) is 30.8 Å². The first-order valence-electron chi connectivity index (χ1n) is 4.78. The highest BCUT2D eigenvalue weighted by atomic mass is 32.2. The van der Waals surface area contributed by atoms with Crippen LogP contribution in [0, 0.1) is 0 Å². The molecule has 0 bridgehead atoms. The summed E-state index contributed by atoms with van der Waals surface area (Å²) in [5.74, 6) is 0.417. The largest absolute Gasteiger partial charge is 0.489 e. The van der Waals surface area contributed by atoms with Crippen molar-refractivity contribution >= 4 is 11.8 Å². The Kier molecular flexibility index (Phi) is 3.01. The summed E-state index contributed by atoms with van der Waals surface area (Å²) in [6.07, 6.45) is 0.420. The molecule has 16 heavy (non-hydrogen) atoms. The van der Waals surface area contributed by atoms with Crippen molar-refractivity contribution in [2.45, 2.75) is 30.0 Å². The number of rotatable bonds is 3. The van der Waals surface area contributed by atoms with Crippen molar-refractivity contribution in [2.75, 3.05) is 6.26 Å². The van der Waals surface area contributed by atoms with Gasteiger partial charge in [0.25, 0.3) is 0 Å². The highest BCUT2D eigenvalue weighted by Gasteiger charge is 2.35. The summed E-state index contributed by atoms with van der Waals surface area (Å²) in [6.45, 7) is 0. The molecule has 0 aromatic carbocycles. The van der Waals surface area contributed by atoms with E-state index in [-0.39, 0.29) is 11.0 Å². The number of nitrogens with zero attached hydrogens (tertiary/aromatic N) is 1. The van der Waals surface area contributed by atoms with Crippen LogP contribution in [0.1, 0.15) is 18.5 Å². The average Bonchev–Trinajstić information content (AvgIpc) is 3.00. The molecule has 0 N–H and O–H groups in total. The van der Waals surface area contributed by atoms with Gasteiger partial charge in [-0.15, -0.1) is 11.8 Å². The van der Waals surface area contributed by atoms with E-state index in [9.17, 15) is 13.2 Å². The Labute approximate surface area is 95.2 Å². The predicted molar refractivity (Wildman–Crippen MR) is 54.7 cm³/mol. The van der Waals surface area contributed by atoms with Gasteiger partial charge in [-0.05, 0) is 25.2 Å². The standard InChI is InChI=1S/C10H10F3NOS/c1-16-8-4-7(15-6-2-3-6)5-14-9(8)10(11,12)13/h4-6H,2-3H2,1H3. The fraction of sp³-hybridized carbons (Fsp3) is 0.500. The summed E-state index contributed by atoms with van der Waals surface area (Å²) in [5, 5.41) is 0. The number of pyridine rings is 1. The number of thioether (sulfide) groups is 1. The Morgan fingerprint density at radius 2 is 2.12 bits per heavy atom. The van der Waals surface area contributed by atoms with Crippen molar-refractivity contribution in [3.63, 3.8) is 0 Å². The fourth-order valence-electron chi connectivity index (χ4n) is 1.24. The number of alkyl halides is 3. The van der Waals surface area contributed by atoms with Crippen LogP contribution in [0.15, 0.2) is 17.2 Å². The molecule has 6 heteroatoms. The molecule has 2 nitrogen and oxygen atoms in total. The molecule has 0 atom stereocenters. The van der Waals surface area contributed by atoms with Gasteiger partial charge < -0.3 is 4.74 Å². The Bertz CT molecular complexity index is 390. The summed E-state index contributed by atoms with van der Waals surface area (Å²) in [5.41, 5.74) is -0.844. The van der Waals surface area contributed by atoms with Crippen LogP contribution in [0.5, 0.6) is 5.75 Å². The van der Waals surface area contributed by atoms with E-state index < -0.39 is 11.9 Å². The zero-order valence-electron chi connectivity index (χ0n) is 8.54. The highest BCUT2D eigenvalue weighted by molar-refractivity contribution is 7.98. The van der Waals surface area contributed by atoms with Crippen LogP contribution in [0.3, 0.4) is 0 Å². The zero-order valence-corrected chi connectivity index (χ0v) is 9.36. The third-order valence-corrected chi connectivity index (χ3v) is 2.89. The molecule has 88 valence electrons. The van der Waals surface area contributed by atoms with Gasteiger partial charge in [0.2, 0.25) is 0 Å². The van der Waals surface area contributed by atoms with Crippen LogP contribution in [0.4, 0.5) is 13.2 Å². The predicted octanol–water partition coefficient (Wildman–Crippen LogP) is 3.36. The topological polar surface area (TPSA) is 22.1 Å². The summed E-state index contributed by atoms with van der Waals surface area (Å²) < 4.78 is 43.0. The van der Waals surface area contributed by atoms with Gasteiger partial charge in [0.15, 0.2) is 5.69 Å². The Morgan fingerprint density at radius 1 is 1.44 bits per heavy atom. The maximum atomic E-state index is 12.5. The van der Waals surface area contributed by atoms with Crippen molar-refractivity contribution in [1.82, 2.24) is 4.98 Å². The van der Waals surface area contributed by atoms with Crippen molar-refractivity contribution in [1.29, 1.82) is 0 Å². The molecule has 1 aromatic heterocycles. The van der Waals surface area contributed by atoms with Crippen molar-refractivity contribution in [3.8, 4) is 5.75 Å². The van der Waals surface area contributed by atoms with Crippen molar-refractivity contribution in [3.05, 3.63) is 18.0 Å². The van der Waals surface area contributed by atoms with E-state index in [2.05, 4.69) is 4.98 Å². The molecule has 0 amide bonds. The Morgan fingerprint density at radius 3 is 2.62 bits per heavy atom. The third-order valence-electron chi connectivity index (χ3n) is 2.14. The first kappa shape index (κ1) is 11.6. The lowest BCUT2D eigenvalue weighted by atomic mass is 10.3. The molecular formula is C10H10F3NOS. The minimum absolute atomic E-state index is 0.102.